The number of nitrogens with one attached hydrogen (secondary N) is 2. The van der Waals surface area contributed by atoms with Gasteiger partial charge in [-0.25, -0.2) is 14.4 Å². The summed E-state index contributed by atoms with van der Waals surface area (Å²) < 4.78 is 26.2. The molecule has 2 heterocycles. The summed E-state index contributed by atoms with van der Waals surface area (Å²) in [6, 6.07) is 12.0. The van der Waals surface area contributed by atoms with Crippen LogP contribution in [0.25, 0.3) is 11.2 Å². The van der Waals surface area contributed by atoms with Crippen molar-refractivity contribution in [1.82, 2.24) is 19.9 Å². The van der Waals surface area contributed by atoms with Crippen LogP contribution in [0.15, 0.2) is 55.0 Å². The van der Waals surface area contributed by atoms with Crippen molar-refractivity contribution in [3.63, 3.8) is 0 Å². The molecule has 0 saturated heterocycles. The number of aromatic nitrogens is 3. The highest BCUT2D eigenvalue weighted by Gasteiger charge is 2.55. The summed E-state index contributed by atoms with van der Waals surface area (Å²) in [6.07, 6.45) is 8.01. The van der Waals surface area contributed by atoms with Gasteiger partial charge in [0.25, 0.3) is 5.91 Å². The molecule has 4 bridgehead atoms. The van der Waals surface area contributed by atoms with Crippen molar-refractivity contribution >= 4 is 22.8 Å². The van der Waals surface area contributed by atoms with Crippen LogP contribution in [0.3, 0.4) is 0 Å². The summed E-state index contributed by atoms with van der Waals surface area (Å²) in [7, 11) is 3.22. The van der Waals surface area contributed by atoms with Crippen LogP contribution in [0.2, 0.25) is 0 Å². The quantitative estimate of drug-likeness (QED) is 0.256. The molecule has 3 unspecified atom stereocenters. The molecule has 0 aliphatic heterocycles. The third-order valence-corrected chi connectivity index (χ3v) is 9.60. The van der Waals surface area contributed by atoms with Crippen molar-refractivity contribution in [3.8, 4) is 11.5 Å². The van der Waals surface area contributed by atoms with E-state index in [0.717, 1.165) is 43.2 Å². The molecular weight excluding hydrogens is 549 g/mol. The number of carbonyl (C=O) groups is 1. The van der Waals surface area contributed by atoms with E-state index in [1.807, 2.05) is 22.8 Å². The maximum Gasteiger partial charge on any atom is 0.255 e. The molecule has 224 valence electrons. The molecule has 4 aliphatic rings. The summed E-state index contributed by atoms with van der Waals surface area (Å²) in [5.41, 5.74) is 3.60. The normalized spacial score (nSPS) is 25.6. The number of methoxy groups -OCH3 is 2. The Labute approximate surface area is 249 Å². The van der Waals surface area contributed by atoms with E-state index in [1.165, 1.54) is 12.1 Å². The average molecular weight is 586 g/mol. The lowest BCUT2D eigenvalue weighted by molar-refractivity contribution is -0.129. The molecule has 0 spiro atoms. The van der Waals surface area contributed by atoms with Crippen LogP contribution < -0.4 is 20.1 Å². The van der Waals surface area contributed by atoms with Crippen LogP contribution in [-0.2, 0) is 13.1 Å². The van der Waals surface area contributed by atoms with Crippen molar-refractivity contribution in [2.24, 2.45) is 17.8 Å². The lowest BCUT2D eigenvalue weighted by atomic mass is 9.52. The smallest absolute Gasteiger partial charge is 0.255 e. The Morgan fingerprint density at radius 1 is 1.02 bits per heavy atom. The minimum absolute atomic E-state index is 0.141. The predicted octanol–water partition coefficient (Wildman–Crippen LogP) is 4.92. The Hall–Kier alpha value is -4.18. The SMILES string of the molecule is COc1ccc(Cn2cnc3c(NC4[C@@H]5CC6C[C@H]4CC(O)(C6)C5)c(C(=O)NCc4ccc(F)cc4)cnc32)cc1OC. The van der Waals surface area contributed by atoms with Gasteiger partial charge < -0.3 is 29.8 Å². The molecular formula is C33H36FN5O4. The zero-order chi connectivity index (χ0) is 29.7. The Morgan fingerprint density at radius 3 is 2.44 bits per heavy atom. The largest absolute Gasteiger partial charge is 0.493 e. The number of hydrogen-bond donors (Lipinski definition) is 3. The Kier molecular flexibility index (Phi) is 6.96. The highest BCUT2D eigenvalue weighted by Crippen LogP contribution is 2.56. The molecule has 4 fully saturated rings. The van der Waals surface area contributed by atoms with E-state index in [0.29, 0.717) is 58.2 Å². The summed E-state index contributed by atoms with van der Waals surface area (Å²) >= 11 is 0. The molecule has 2 aromatic heterocycles. The predicted molar refractivity (Wildman–Crippen MR) is 160 cm³/mol. The number of anilines is 1. The van der Waals surface area contributed by atoms with Crippen LogP contribution in [0.4, 0.5) is 10.1 Å². The second kappa shape index (κ2) is 10.8. The van der Waals surface area contributed by atoms with Crippen LogP contribution in [0.1, 0.15) is 53.6 Å². The van der Waals surface area contributed by atoms with E-state index in [9.17, 15) is 14.3 Å². The average Bonchev–Trinajstić information content (AvgIpc) is 3.40. The maximum absolute atomic E-state index is 13.6. The van der Waals surface area contributed by atoms with E-state index in [2.05, 4.69) is 10.6 Å². The number of halogens is 1. The highest BCUT2D eigenvalue weighted by atomic mass is 19.1. The molecule has 1 amide bonds. The molecule has 0 radical (unpaired) electrons. The van der Waals surface area contributed by atoms with Gasteiger partial charge in [0.1, 0.15) is 11.3 Å². The molecule has 10 heteroatoms. The van der Waals surface area contributed by atoms with Crippen molar-refractivity contribution in [1.29, 1.82) is 0 Å². The van der Waals surface area contributed by atoms with Crippen LogP contribution >= 0.6 is 0 Å². The fourth-order valence-corrected chi connectivity index (χ4v) is 7.88. The minimum Gasteiger partial charge on any atom is -0.493 e. The molecule has 8 rings (SSSR count). The van der Waals surface area contributed by atoms with Crippen LogP contribution in [0, 0.1) is 23.6 Å². The van der Waals surface area contributed by atoms with Gasteiger partial charge in [-0.15, -0.1) is 0 Å². The fraction of sp³-hybridized carbons (Fsp3) is 0.424. The number of carbonyl (C=O) groups excluding carboxylic acids is 1. The number of ether oxygens (including phenoxy) is 2. The molecule has 3 N–H and O–H groups in total. The van der Waals surface area contributed by atoms with Gasteiger partial charge in [-0.3, -0.25) is 4.79 Å². The van der Waals surface area contributed by atoms with Crippen LogP contribution in [0.5, 0.6) is 11.5 Å². The van der Waals surface area contributed by atoms with E-state index in [1.54, 1.807) is 38.9 Å². The number of pyridine rings is 1. The monoisotopic (exact) mass is 585 g/mol. The first kappa shape index (κ1) is 27.6. The van der Waals surface area contributed by atoms with Gasteiger partial charge in [0.05, 0.1) is 43.9 Å². The number of amides is 1. The first-order valence-corrected chi connectivity index (χ1v) is 14.9. The highest BCUT2D eigenvalue weighted by molar-refractivity contribution is 6.05. The number of benzene rings is 2. The van der Waals surface area contributed by atoms with Crippen molar-refractivity contribution < 1.29 is 23.8 Å². The zero-order valence-electron chi connectivity index (χ0n) is 24.3. The lowest BCUT2D eigenvalue weighted by Gasteiger charge is -2.58. The first-order chi connectivity index (χ1) is 20.8. The minimum atomic E-state index is -0.557. The number of hydrogen-bond acceptors (Lipinski definition) is 7. The third-order valence-electron chi connectivity index (χ3n) is 9.60. The number of imidazole rings is 1. The summed E-state index contributed by atoms with van der Waals surface area (Å²) in [4.78, 5) is 23.1. The van der Waals surface area contributed by atoms with Gasteiger partial charge in [0.15, 0.2) is 17.1 Å². The van der Waals surface area contributed by atoms with Gasteiger partial charge in [-0.1, -0.05) is 18.2 Å². The van der Waals surface area contributed by atoms with Gasteiger partial charge in [0.2, 0.25) is 0 Å². The zero-order valence-corrected chi connectivity index (χ0v) is 24.3. The number of nitrogens with zero attached hydrogens (tertiary/aromatic N) is 3. The number of aliphatic hydroxyl groups is 1. The second-order valence-corrected chi connectivity index (χ2v) is 12.5. The fourth-order valence-electron chi connectivity index (χ4n) is 7.88. The molecule has 4 aromatic rings. The standard InChI is InChI=1S/C33H36FN5O4/c1-42-26-8-5-20(11-27(26)43-2)17-39-18-37-30-29(38-28-22-9-21-10-23(28)14-33(41,12-21)13-22)25(16-35-31(30)39)32(40)36-15-19-3-6-24(34)7-4-19/h3-8,11,16,18,21-23,28,41H,9-10,12-15,17H2,1-2H3,(H,35,38)(H,36,40)/t21?,22-,23+,28?,33?. The van der Waals surface area contributed by atoms with Gasteiger partial charge in [0, 0.05) is 18.8 Å². The van der Waals surface area contributed by atoms with Gasteiger partial charge in [-0.05, 0) is 85.3 Å². The molecule has 9 nitrogen and oxygen atoms in total. The summed E-state index contributed by atoms with van der Waals surface area (Å²) in [5, 5.41) is 17.9. The number of rotatable bonds is 9. The Bertz CT molecular complexity index is 1660. The third kappa shape index (κ3) is 5.18. The van der Waals surface area contributed by atoms with E-state index in [-0.39, 0.29) is 24.3 Å². The van der Waals surface area contributed by atoms with E-state index in [4.69, 9.17) is 19.4 Å². The summed E-state index contributed by atoms with van der Waals surface area (Å²) in [6.45, 7) is 0.760. The topological polar surface area (TPSA) is 111 Å². The molecule has 5 atom stereocenters. The van der Waals surface area contributed by atoms with E-state index >= 15 is 0 Å². The summed E-state index contributed by atoms with van der Waals surface area (Å²) in [5.74, 6) is 1.94. The van der Waals surface area contributed by atoms with Crippen LogP contribution in [-0.4, -0.2) is 51.4 Å². The van der Waals surface area contributed by atoms with E-state index < -0.39 is 5.60 Å². The molecule has 4 aliphatic carbocycles. The van der Waals surface area contributed by atoms with Gasteiger partial charge in [-0.2, -0.15) is 0 Å². The molecule has 4 saturated carbocycles. The Morgan fingerprint density at radius 2 is 1.74 bits per heavy atom. The van der Waals surface area contributed by atoms with Gasteiger partial charge >= 0.3 is 0 Å². The Balaban J connectivity index is 1.22. The molecule has 43 heavy (non-hydrogen) atoms. The number of fused-ring (bicyclic) bond motifs is 1. The van der Waals surface area contributed by atoms with Crippen molar-refractivity contribution in [2.75, 3.05) is 19.5 Å². The first-order valence-electron chi connectivity index (χ1n) is 14.9. The second-order valence-electron chi connectivity index (χ2n) is 12.5. The lowest BCUT2D eigenvalue weighted by Crippen LogP contribution is -2.59. The van der Waals surface area contributed by atoms with Crippen molar-refractivity contribution in [2.45, 2.75) is 56.8 Å². The van der Waals surface area contributed by atoms with Crippen molar-refractivity contribution in [3.05, 3.63) is 77.5 Å². The molecule has 2 aromatic carbocycles. The maximum atomic E-state index is 13.6.